The maximum atomic E-state index is 4.49. The molecule has 0 saturated heterocycles. The van der Waals surface area contributed by atoms with Gasteiger partial charge in [0, 0.05) is 25.8 Å². The molecule has 0 fully saturated rings. The van der Waals surface area contributed by atoms with E-state index >= 15 is 0 Å². The first-order valence-corrected chi connectivity index (χ1v) is 4.99. The van der Waals surface area contributed by atoms with Crippen LogP contribution in [0, 0.1) is 13.8 Å². The van der Waals surface area contributed by atoms with Gasteiger partial charge in [-0.1, -0.05) is 0 Å². The Morgan fingerprint density at radius 1 is 1.36 bits per heavy atom. The summed E-state index contributed by atoms with van der Waals surface area (Å²) < 4.78 is 1.91. The standard InChI is InChI=1S/C10H16N4/c1-7-9(8(2)14(3)13-7)10-11-5-4-6-12-10/h4-6H2,1-3H3,(H,11,12). The molecule has 1 N–H and O–H groups in total. The minimum atomic E-state index is 0.927. The van der Waals surface area contributed by atoms with E-state index in [2.05, 4.69) is 22.3 Å². The highest BCUT2D eigenvalue weighted by atomic mass is 15.3. The van der Waals surface area contributed by atoms with Crippen molar-refractivity contribution >= 4 is 5.84 Å². The summed E-state index contributed by atoms with van der Waals surface area (Å²) in [6, 6.07) is 0. The average Bonchev–Trinajstić information content (AvgIpc) is 2.43. The number of rotatable bonds is 1. The lowest BCUT2D eigenvalue weighted by atomic mass is 10.1. The van der Waals surface area contributed by atoms with E-state index in [9.17, 15) is 0 Å². The largest absolute Gasteiger partial charge is 0.370 e. The summed E-state index contributed by atoms with van der Waals surface area (Å²) in [6.07, 6.45) is 1.13. The van der Waals surface area contributed by atoms with Crippen molar-refractivity contribution in [2.45, 2.75) is 20.3 Å². The van der Waals surface area contributed by atoms with Crippen LogP contribution in [0.15, 0.2) is 4.99 Å². The van der Waals surface area contributed by atoms with E-state index in [1.807, 2.05) is 18.7 Å². The second-order valence-electron chi connectivity index (χ2n) is 3.68. The van der Waals surface area contributed by atoms with Crippen LogP contribution in [0.25, 0.3) is 0 Å². The Labute approximate surface area is 84.0 Å². The van der Waals surface area contributed by atoms with Crippen LogP contribution in [-0.2, 0) is 7.05 Å². The summed E-state index contributed by atoms with van der Waals surface area (Å²) in [5, 5.41) is 7.71. The molecule has 1 aromatic heterocycles. The minimum absolute atomic E-state index is 0.927. The van der Waals surface area contributed by atoms with E-state index in [0.717, 1.165) is 31.0 Å². The first-order chi connectivity index (χ1) is 6.70. The SMILES string of the molecule is Cc1nn(C)c(C)c1C1=NCCCN1. The molecule has 1 aromatic rings. The molecule has 2 rings (SSSR count). The van der Waals surface area contributed by atoms with E-state index in [1.165, 1.54) is 11.3 Å². The van der Waals surface area contributed by atoms with Crippen molar-refractivity contribution in [2.24, 2.45) is 12.0 Å². The molecule has 14 heavy (non-hydrogen) atoms. The summed E-state index contributed by atoms with van der Waals surface area (Å²) in [5.41, 5.74) is 3.40. The molecule has 0 atom stereocenters. The lowest BCUT2D eigenvalue weighted by Gasteiger charge is -2.14. The van der Waals surface area contributed by atoms with Crippen molar-refractivity contribution in [3.63, 3.8) is 0 Å². The number of amidine groups is 1. The Morgan fingerprint density at radius 2 is 2.14 bits per heavy atom. The topological polar surface area (TPSA) is 42.2 Å². The molecule has 4 nitrogen and oxygen atoms in total. The van der Waals surface area contributed by atoms with Crippen LogP contribution in [0.5, 0.6) is 0 Å². The van der Waals surface area contributed by atoms with E-state index in [0.29, 0.717) is 0 Å². The summed E-state index contributed by atoms with van der Waals surface area (Å²) in [5.74, 6) is 1.01. The van der Waals surface area contributed by atoms with Crippen molar-refractivity contribution < 1.29 is 0 Å². The maximum Gasteiger partial charge on any atom is 0.132 e. The zero-order valence-electron chi connectivity index (χ0n) is 8.96. The predicted molar refractivity (Wildman–Crippen MR) is 56.7 cm³/mol. The van der Waals surface area contributed by atoms with Crippen LogP contribution in [0.2, 0.25) is 0 Å². The van der Waals surface area contributed by atoms with Crippen molar-refractivity contribution in [3.8, 4) is 0 Å². The molecule has 76 valence electrons. The van der Waals surface area contributed by atoms with Crippen LogP contribution in [0.1, 0.15) is 23.4 Å². The van der Waals surface area contributed by atoms with Crippen molar-refractivity contribution in [2.75, 3.05) is 13.1 Å². The van der Waals surface area contributed by atoms with E-state index in [-0.39, 0.29) is 0 Å². The number of aromatic nitrogens is 2. The molecule has 4 heteroatoms. The van der Waals surface area contributed by atoms with E-state index < -0.39 is 0 Å². The Morgan fingerprint density at radius 3 is 2.64 bits per heavy atom. The minimum Gasteiger partial charge on any atom is -0.370 e. The third-order valence-corrected chi connectivity index (χ3v) is 2.64. The maximum absolute atomic E-state index is 4.49. The van der Waals surface area contributed by atoms with Crippen LogP contribution >= 0.6 is 0 Å². The quantitative estimate of drug-likeness (QED) is 0.714. The zero-order valence-corrected chi connectivity index (χ0v) is 8.96. The fraction of sp³-hybridized carbons (Fsp3) is 0.600. The molecule has 0 radical (unpaired) electrons. The number of hydrogen-bond acceptors (Lipinski definition) is 3. The summed E-state index contributed by atoms with van der Waals surface area (Å²) >= 11 is 0. The van der Waals surface area contributed by atoms with E-state index in [4.69, 9.17) is 0 Å². The third kappa shape index (κ3) is 1.41. The molecular formula is C10H16N4. The van der Waals surface area contributed by atoms with Gasteiger partial charge in [-0.25, -0.2) is 0 Å². The molecule has 0 unspecified atom stereocenters. The molecule has 0 aliphatic carbocycles. The van der Waals surface area contributed by atoms with Gasteiger partial charge in [0.15, 0.2) is 0 Å². The molecule has 0 spiro atoms. The Hall–Kier alpha value is -1.32. The number of nitrogens with one attached hydrogen (secondary N) is 1. The predicted octanol–water partition coefficient (Wildman–Crippen LogP) is 0.777. The molecular weight excluding hydrogens is 176 g/mol. The Balaban J connectivity index is 2.44. The molecule has 2 heterocycles. The van der Waals surface area contributed by atoms with Crippen LogP contribution < -0.4 is 5.32 Å². The number of aryl methyl sites for hydroxylation is 2. The van der Waals surface area contributed by atoms with Gasteiger partial charge in [-0.3, -0.25) is 9.67 Å². The first-order valence-electron chi connectivity index (χ1n) is 4.99. The number of nitrogens with zero attached hydrogens (tertiary/aromatic N) is 3. The Kier molecular flexibility index (Phi) is 2.27. The summed E-state index contributed by atoms with van der Waals surface area (Å²) in [6.45, 7) is 6.05. The van der Waals surface area contributed by atoms with Crippen molar-refractivity contribution in [1.29, 1.82) is 0 Å². The zero-order chi connectivity index (χ0) is 10.1. The highest BCUT2D eigenvalue weighted by molar-refractivity contribution is 6.01. The average molecular weight is 192 g/mol. The molecule has 1 aliphatic heterocycles. The van der Waals surface area contributed by atoms with Crippen LogP contribution in [0.3, 0.4) is 0 Å². The van der Waals surface area contributed by atoms with Crippen molar-refractivity contribution in [3.05, 3.63) is 17.0 Å². The van der Waals surface area contributed by atoms with Crippen LogP contribution in [-0.4, -0.2) is 28.7 Å². The number of aliphatic imine (C=N–C) groups is 1. The van der Waals surface area contributed by atoms with Crippen LogP contribution in [0.4, 0.5) is 0 Å². The molecule has 0 amide bonds. The fourth-order valence-corrected chi connectivity index (χ4v) is 1.82. The first kappa shape index (κ1) is 9.24. The van der Waals surface area contributed by atoms with Crippen molar-refractivity contribution in [1.82, 2.24) is 15.1 Å². The fourth-order valence-electron chi connectivity index (χ4n) is 1.82. The normalized spacial score (nSPS) is 16.4. The van der Waals surface area contributed by atoms with Gasteiger partial charge in [-0.2, -0.15) is 5.10 Å². The van der Waals surface area contributed by atoms with Gasteiger partial charge in [-0.05, 0) is 20.3 Å². The second-order valence-corrected chi connectivity index (χ2v) is 3.68. The van der Waals surface area contributed by atoms with Gasteiger partial charge in [0.1, 0.15) is 5.84 Å². The summed E-state index contributed by atoms with van der Waals surface area (Å²) in [7, 11) is 1.97. The van der Waals surface area contributed by atoms with Gasteiger partial charge in [0.2, 0.25) is 0 Å². The van der Waals surface area contributed by atoms with E-state index in [1.54, 1.807) is 0 Å². The van der Waals surface area contributed by atoms with Gasteiger partial charge in [-0.15, -0.1) is 0 Å². The van der Waals surface area contributed by atoms with Gasteiger partial charge >= 0.3 is 0 Å². The molecule has 1 aliphatic rings. The molecule has 0 saturated carbocycles. The monoisotopic (exact) mass is 192 g/mol. The highest BCUT2D eigenvalue weighted by Crippen LogP contribution is 2.13. The van der Waals surface area contributed by atoms with Gasteiger partial charge in [0.05, 0.1) is 11.3 Å². The number of hydrogen-bond donors (Lipinski definition) is 1. The lowest BCUT2D eigenvalue weighted by molar-refractivity contribution is 0.729. The van der Waals surface area contributed by atoms with Gasteiger partial charge in [0.25, 0.3) is 0 Å². The smallest absolute Gasteiger partial charge is 0.132 e. The Bertz CT molecular complexity index is 376. The third-order valence-electron chi connectivity index (χ3n) is 2.64. The second kappa shape index (κ2) is 3.44. The lowest BCUT2D eigenvalue weighted by Crippen LogP contribution is -2.31. The van der Waals surface area contributed by atoms with Gasteiger partial charge < -0.3 is 5.32 Å². The highest BCUT2D eigenvalue weighted by Gasteiger charge is 2.16. The molecule has 0 bridgehead atoms. The molecule has 0 aromatic carbocycles. The summed E-state index contributed by atoms with van der Waals surface area (Å²) in [4.78, 5) is 4.49.